The predicted molar refractivity (Wildman–Crippen MR) is 341 cm³/mol. The fourth-order valence-electron chi connectivity index (χ4n) is 18.2. The van der Waals surface area contributed by atoms with Crippen molar-refractivity contribution in [3.05, 3.63) is 0 Å². The molecule has 0 bridgehead atoms. The Morgan fingerprint density at radius 3 is 0.920 bits per heavy atom. The Morgan fingerprint density at radius 1 is 0.318 bits per heavy atom. The van der Waals surface area contributed by atoms with Crippen LogP contribution in [0.15, 0.2) is 0 Å². The van der Waals surface area contributed by atoms with Crippen molar-refractivity contribution in [3.63, 3.8) is 0 Å². The summed E-state index contributed by atoms with van der Waals surface area (Å²) in [5.74, 6) is 6.04. The Bertz CT molecular complexity index is 2040. The third-order valence-electron chi connectivity index (χ3n) is 24.2. The van der Waals surface area contributed by atoms with E-state index >= 15 is 0 Å². The smallest absolute Gasteiger partial charge is 0.249 e. The van der Waals surface area contributed by atoms with Crippen molar-refractivity contribution >= 4 is 23.5 Å². The number of hydrogen-bond acceptors (Lipinski definition) is 13. The number of nitrogens with one attached hydrogen (secondary N) is 1. The van der Waals surface area contributed by atoms with Gasteiger partial charge in [-0.25, -0.2) is 0 Å². The van der Waals surface area contributed by atoms with Crippen molar-refractivity contribution in [2.24, 2.45) is 35.5 Å². The average Bonchev–Trinajstić information content (AvgIpc) is 3.94. The number of ether oxygens (including phenoxy) is 6. The number of Topliss-reactive ketones (excluding diaryl/α,β-unsaturated/α-hetero) is 1. The highest BCUT2D eigenvalue weighted by molar-refractivity contribution is 5.80. The number of likely N-dealkylation sites (tertiary alicyclic amines) is 2. The van der Waals surface area contributed by atoms with E-state index in [0.29, 0.717) is 86.1 Å². The largest absolute Gasteiger partial charge is 0.381 e. The van der Waals surface area contributed by atoms with E-state index in [1.165, 1.54) is 155 Å². The molecule has 16 nitrogen and oxygen atoms in total. The van der Waals surface area contributed by atoms with Gasteiger partial charge in [0.1, 0.15) is 25.6 Å². The lowest BCUT2D eigenvalue weighted by Gasteiger charge is -2.50. The van der Waals surface area contributed by atoms with Crippen LogP contribution in [-0.4, -0.2) is 213 Å². The lowest BCUT2D eigenvalue weighted by atomic mass is 9.84. The molecule has 0 aromatic carbocycles. The highest BCUT2D eigenvalue weighted by atomic mass is 16.5. The molecule has 9 saturated carbocycles. The monoisotopic (exact) mass is 1230 g/mol. The molecule has 15 rings (SSSR count). The van der Waals surface area contributed by atoms with Crippen LogP contribution in [0.3, 0.4) is 0 Å². The van der Waals surface area contributed by atoms with Gasteiger partial charge >= 0.3 is 0 Å². The van der Waals surface area contributed by atoms with Crippen LogP contribution in [0.5, 0.6) is 0 Å². The van der Waals surface area contributed by atoms with E-state index in [0.717, 1.165) is 197 Å². The number of fused-ring (bicyclic) bond motifs is 3. The van der Waals surface area contributed by atoms with Crippen molar-refractivity contribution < 1.29 is 47.6 Å². The standard InChI is InChI=1S/2C24H40N2O3.C13H22N2O2.C11H18O2/c2*27-24-17-29-23-4-2-1-3-22(23)26(24)21-11-13-25(14-12-21)20-9-7-19(8-10-20)16-28-15-18-5-6-18;16-13-9-17-12-4-2-1-3-11(12)15(13)10-5-7-14-8-6-10;12-11-5-3-10(4-6-11)8-13-7-9-1-2-9/h2*18-23H,1-17H2;10-12,14H,1-9H2;9-10H,1-8H2/t2*19?,20?,22-,23-;11-,12-;/m000./s1. The summed E-state index contributed by atoms with van der Waals surface area (Å²) in [6.45, 7) is 13.6. The molecule has 3 amide bonds. The minimum Gasteiger partial charge on any atom is -0.381 e. The maximum absolute atomic E-state index is 12.7. The van der Waals surface area contributed by atoms with Crippen molar-refractivity contribution in [3.8, 4) is 0 Å². The molecule has 0 aromatic heterocycles. The number of amides is 3. The molecular formula is C72H120N6O10. The van der Waals surface area contributed by atoms with Crippen molar-refractivity contribution in [2.75, 3.05) is 98.7 Å². The van der Waals surface area contributed by atoms with Gasteiger partial charge in [-0.2, -0.15) is 0 Å². The van der Waals surface area contributed by atoms with Crippen LogP contribution >= 0.6 is 0 Å². The molecule has 6 heterocycles. The summed E-state index contributed by atoms with van der Waals surface area (Å²) in [7, 11) is 0. The molecule has 498 valence electrons. The summed E-state index contributed by atoms with van der Waals surface area (Å²) in [5.41, 5.74) is 0. The van der Waals surface area contributed by atoms with Crippen molar-refractivity contribution in [1.29, 1.82) is 0 Å². The van der Waals surface area contributed by atoms with Crippen molar-refractivity contribution in [1.82, 2.24) is 29.8 Å². The first-order valence-corrected chi connectivity index (χ1v) is 37.5. The van der Waals surface area contributed by atoms with Crippen LogP contribution in [-0.2, 0) is 47.6 Å². The third-order valence-corrected chi connectivity index (χ3v) is 24.2. The van der Waals surface area contributed by atoms with E-state index in [-0.39, 0.29) is 17.7 Å². The number of hydrogen-bond donors (Lipinski definition) is 1. The average molecular weight is 1230 g/mol. The minimum atomic E-state index is 0.222. The van der Waals surface area contributed by atoms with E-state index in [1.54, 1.807) is 0 Å². The van der Waals surface area contributed by atoms with Gasteiger partial charge in [-0.05, 0) is 228 Å². The molecule has 0 radical (unpaired) electrons. The molecule has 6 saturated heterocycles. The first kappa shape index (κ1) is 65.8. The molecule has 1 N–H and O–H groups in total. The Balaban J connectivity index is 0.000000120. The van der Waals surface area contributed by atoms with Gasteiger partial charge in [0.15, 0.2) is 0 Å². The number of ketones is 1. The molecule has 15 aliphatic rings. The predicted octanol–water partition coefficient (Wildman–Crippen LogP) is 10.3. The van der Waals surface area contributed by atoms with Gasteiger partial charge < -0.3 is 58.2 Å². The first-order chi connectivity index (χ1) is 43.3. The Kier molecular flexibility index (Phi) is 24.8. The molecule has 16 heteroatoms. The zero-order valence-electron chi connectivity index (χ0n) is 54.7. The van der Waals surface area contributed by atoms with Crippen LogP contribution < -0.4 is 5.32 Å². The van der Waals surface area contributed by atoms with Crippen LogP contribution in [0, 0.1) is 35.5 Å². The Morgan fingerprint density at radius 2 is 0.602 bits per heavy atom. The maximum atomic E-state index is 12.7. The highest BCUT2D eigenvalue weighted by Gasteiger charge is 2.46. The SMILES string of the molecule is O=C1CCC(COCC2CC2)CC1.O=C1CO[C@H]2CCCC[C@@H]2N1C1CCN(C2CCC(COCC3CC3)CC2)CC1.O=C1CO[C@H]2CCCC[C@@H]2N1C1CCN(C2CCC(COCC3CC3)CC2)CC1.O=C1CO[C@H]2CCCC[C@@H]2N1C1CCNCC1. The normalized spacial score (nSPS) is 35.3. The van der Waals surface area contributed by atoms with Gasteiger partial charge in [0.25, 0.3) is 0 Å². The second-order valence-electron chi connectivity index (χ2n) is 30.8. The number of carbonyl (C=O) groups excluding carboxylic acids is 4. The molecule has 9 aliphatic carbocycles. The third kappa shape index (κ3) is 18.8. The highest BCUT2D eigenvalue weighted by Crippen LogP contribution is 2.39. The zero-order chi connectivity index (χ0) is 60.0. The lowest BCUT2D eigenvalue weighted by Crippen LogP contribution is -2.61. The number of carbonyl (C=O) groups is 4. The molecule has 0 aromatic rings. The maximum Gasteiger partial charge on any atom is 0.249 e. The second-order valence-corrected chi connectivity index (χ2v) is 30.8. The fraction of sp³-hybridized carbons (Fsp3) is 0.944. The zero-order valence-corrected chi connectivity index (χ0v) is 54.7. The summed E-state index contributed by atoms with van der Waals surface area (Å²) in [6.07, 6.45) is 44.8. The van der Waals surface area contributed by atoms with Crippen molar-refractivity contribution in [2.45, 2.75) is 298 Å². The number of morpholine rings is 3. The second kappa shape index (κ2) is 33.2. The molecule has 88 heavy (non-hydrogen) atoms. The Hall–Kier alpha value is -2.28. The van der Waals surface area contributed by atoms with Gasteiger partial charge in [0.05, 0.1) is 36.4 Å². The van der Waals surface area contributed by atoms with E-state index < -0.39 is 0 Å². The fourth-order valence-corrected chi connectivity index (χ4v) is 18.2. The van der Waals surface area contributed by atoms with Crippen LogP contribution in [0.1, 0.15) is 231 Å². The summed E-state index contributed by atoms with van der Waals surface area (Å²) in [5, 5.41) is 3.37. The number of nitrogens with zero attached hydrogens (tertiary/aromatic N) is 5. The molecular weight excluding hydrogens is 1110 g/mol. The van der Waals surface area contributed by atoms with Gasteiger partial charge in [0, 0.05) is 109 Å². The molecule has 0 unspecified atom stereocenters. The van der Waals surface area contributed by atoms with E-state index in [9.17, 15) is 19.2 Å². The van der Waals surface area contributed by atoms with Gasteiger partial charge in [-0.1, -0.05) is 38.5 Å². The lowest BCUT2D eigenvalue weighted by molar-refractivity contribution is -0.167. The van der Waals surface area contributed by atoms with Gasteiger partial charge in [-0.15, -0.1) is 0 Å². The molecule has 6 atom stereocenters. The summed E-state index contributed by atoms with van der Waals surface area (Å²) < 4.78 is 35.0. The van der Waals surface area contributed by atoms with E-state index in [4.69, 9.17) is 28.4 Å². The molecule has 6 aliphatic heterocycles. The van der Waals surface area contributed by atoms with Crippen LogP contribution in [0.4, 0.5) is 0 Å². The molecule has 0 spiro atoms. The number of piperidine rings is 3. The van der Waals surface area contributed by atoms with E-state index in [1.807, 2.05) is 0 Å². The summed E-state index contributed by atoms with van der Waals surface area (Å²) in [4.78, 5) is 60.7. The van der Waals surface area contributed by atoms with E-state index in [2.05, 4.69) is 29.8 Å². The summed E-state index contributed by atoms with van der Waals surface area (Å²) in [6, 6.07) is 3.95. The number of rotatable bonds is 17. The van der Waals surface area contributed by atoms with Gasteiger partial charge in [-0.3, -0.25) is 19.2 Å². The summed E-state index contributed by atoms with van der Waals surface area (Å²) >= 11 is 0. The Labute approximate surface area is 530 Å². The van der Waals surface area contributed by atoms with Crippen LogP contribution in [0.25, 0.3) is 0 Å². The topological polar surface area (TPSA) is 152 Å². The van der Waals surface area contributed by atoms with Gasteiger partial charge in [0.2, 0.25) is 17.7 Å². The quantitative estimate of drug-likeness (QED) is 0.147. The first-order valence-electron chi connectivity index (χ1n) is 37.5. The molecule has 15 fully saturated rings. The van der Waals surface area contributed by atoms with Crippen LogP contribution in [0.2, 0.25) is 0 Å². The minimum absolute atomic E-state index is 0.222.